The number of fused-ring (bicyclic) bond motifs is 2. The number of carbonyl (C=O) groups excluding carboxylic acids is 1. The molecule has 1 saturated heterocycles. The van der Waals surface area contributed by atoms with Gasteiger partial charge in [-0.2, -0.15) is 0 Å². The van der Waals surface area contributed by atoms with Crippen molar-refractivity contribution in [2.45, 2.75) is 131 Å². The molecule has 0 amide bonds. The number of hydrogen-bond acceptors (Lipinski definition) is 5. The Kier molecular flexibility index (Phi) is 13.4. The van der Waals surface area contributed by atoms with Gasteiger partial charge in [-0.25, -0.2) is 0 Å². The van der Waals surface area contributed by atoms with Gasteiger partial charge in [0, 0.05) is 19.6 Å². The molecule has 0 unspecified atom stereocenters. The van der Waals surface area contributed by atoms with Crippen molar-refractivity contribution in [1.29, 1.82) is 0 Å². The number of cyclic esters (lactones) is 1. The van der Waals surface area contributed by atoms with Gasteiger partial charge < -0.3 is 18.3 Å². The summed E-state index contributed by atoms with van der Waals surface area (Å²) in [5.74, 6) is 0.721. The highest BCUT2D eigenvalue weighted by Crippen LogP contribution is 2.36. The molecule has 5 nitrogen and oxygen atoms in total. The van der Waals surface area contributed by atoms with Crippen LogP contribution < -0.4 is 0 Å². The van der Waals surface area contributed by atoms with E-state index in [9.17, 15) is 4.79 Å². The SMILES string of the molecule is C=C1C[C@@H](CCC)OC(=O)[C@@H](C)CCCC[C@@H]2O[C@@H](C/C([Si](C)(OCC)OCC)=C/[C@H](C)C1)C[C@@H]2C. The second-order valence-electron chi connectivity index (χ2n) is 11.4. The van der Waals surface area contributed by atoms with Gasteiger partial charge in [-0.1, -0.05) is 65.2 Å². The number of esters is 1. The summed E-state index contributed by atoms with van der Waals surface area (Å²) in [6.07, 6.45) is 12.3. The number of ether oxygens (including phenoxy) is 2. The van der Waals surface area contributed by atoms with E-state index in [1.807, 2.05) is 6.92 Å². The largest absolute Gasteiger partial charge is 0.462 e. The van der Waals surface area contributed by atoms with Gasteiger partial charge in [-0.3, -0.25) is 4.79 Å². The van der Waals surface area contributed by atoms with Crippen LogP contribution >= 0.6 is 0 Å². The van der Waals surface area contributed by atoms with Crippen molar-refractivity contribution in [2.75, 3.05) is 13.2 Å². The third-order valence-electron chi connectivity index (χ3n) is 7.79. The van der Waals surface area contributed by atoms with Gasteiger partial charge in [0.15, 0.2) is 0 Å². The van der Waals surface area contributed by atoms with Crippen LogP contribution in [0.15, 0.2) is 23.4 Å². The van der Waals surface area contributed by atoms with E-state index in [1.165, 1.54) is 5.20 Å². The van der Waals surface area contributed by atoms with E-state index >= 15 is 0 Å². The molecule has 0 aliphatic carbocycles. The average Bonchev–Trinajstić information content (AvgIpc) is 3.14. The molecule has 0 aromatic carbocycles. The van der Waals surface area contributed by atoms with E-state index in [0.29, 0.717) is 25.0 Å². The number of allylic oxidation sites excluding steroid dienone is 1. The molecule has 2 heterocycles. The second-order valence-corrected chi connectivity index (χ2v) is 14.5. The first-order valence-electron chi connectivity index (χ1n) is 14.6. The Morgan fingerprint density at radius 1 is 1.03 bits per heavy atom. The molecule has 208 valence electrons. The van der Waals surface area contributed by atoms with Gasteiger partial charge >= 0.3 is 14.5 Å². The average molecular weight is 523 g/mol. The summed E-state index contributed by atoms with van der Waals surface area (Å²) in [4.78, 5) is 12.8. The Balaban J connectivity index is 2.31. The van der Waals surface area contributed by atoms with E-state index in [0.717, 1.165) is 69.8 Å². The smallest absolute Gasteiger partial charge is 0.364 e. The van der Waals surface area contributed by atoms with Crippen LogP contribution in [0.2, 0.25) is 6.55 Å². The van der Waals surface area contributed by atoms with Gasteiger partial charge in [0.25, 0.3) is 0 Å². The maximum Gasteiger partial charge on any atom is 0.364 e. The normalized spacial score (nSPS) is 33.4. The van der Waals surface area contributed by atoms with Crippen LogP contribution in [0.3, 0.4) is 0 Å². The maximum absolute atomic E-state index is 12.8. The van der Waals surface area contributed by atoms with Crippen molar-refractivity contribution in [3.05, 3.63) is 23.4 Å². The molecule has 0 aromatic heterocycles. The lowest BCUT2D eigenvalue weighted by molar-refractivity contribution is -0.154. The van der Waals surface area contributed by atoms with Crippen molar-refractivity contribution in [3.8, 4) is 0 Å². The second kappa shape index (κ2) is 15.5. The van der Waals surface area contributed by atoms with Crippen molar-refractivity contribution in [3.63, 3.8) is 0 Å². The molecular weight excluding hydrogens is 468 g/mol. The third-order valence-corrected chi connectivity index (χ3v) is 11.0. The van der Waals surface area contributed by atoms with Crippen molar-refractivity contribution >= 4 is 14.5 Å². The van der Waals surface area contributed by atoms with Gasteiger partial charge in [-0.05, 0) is 76.0 Å². The summed E-state index contributed by atoms with van der Waals surface area (Å²) in [5, 5.41) is 1.30. The molecule has 0 spiro atoms. The van der Waals surface area contributed by atoms with E-state index < -0.39 is 8.56 Å². The maximum atomic E-state index is 12.8. The molecule has 2 bridgehead atoms. The molecule has 0 radical (unpaired) electrons. The summed E-state index contributed by atoms with van der Waals surface area (Å²) < 4.78 is 25.3. The fourth-order valence-corrected chi connectivity index (χ4v) is 8.64. The lowest BCUT2D eigenvalue weighted by Crippen LogP contribution is -2.43. The van der Waals surface area contributed by atoms with Crippen LogP contribution in [0.25, 0.3) is 0 Å². The first-order chi connectivity index (χ1) is 17.1. The van der Waals surface area contributed by atoms with E-state index in [-0.39, 0.29) is 30.2 Å². The van der Waals surface area contributed by atoms with Crippen LogP contribution in [0.5, 0.6) is 0 Å². The Morgan fingerprint density at radius 2 is 1.69 bits per heavy atom. The summed E-state index contributed by atoms with van der Waals surface area (Å²) in [6.45, 7) is 20.7. The predicted molar refractivity (Wildman–Crippen MR) is 150 cm³/mol. The summed E-state index contributed by atoms with van der Waals surface area (Å²) in [7, 11) is -2.51. The fraction of sp³-hybridized carbons (Fsp3) is 0.833. The minimum absolute atomic E-state index is 0.0571. The highest BCUT2D eigenvalue weighted by Gasteiger charge is 2.40. The van der Waals surface area contributed by atoms with Crippen LogP contribution in [0.1, 0.15) is 106 Å². The zero-order chi connectivity index (χ0) is 26.7. The number of rotatable bonds is 7. The Hall–Kier alpha value is -0.953. The van der Waals surface area contributed by atoms with E-state index in [4.69, 9.17) is 18.3 Å². The minimum Gasteiger partial charge on any atom is -0.462 e. The van der Waals surface area contributed by atoms with Crippen LogP contribution in [0.4, 0.5) is 0 Å². The molecule has 0 N–H and O–H groups in total. The molecule has 2 rings (SSSR count). The molecule has 6 heteroatoms. The predicted octanol–water partition coefficient (Wildman–Crippen LogP) is 7.68. The van der Waals surface area contributed by atoms with Gasteiger partial charge in [0.2, 0.25) is 0 Å². The van der Waals surface area contributed by atoms with Crippen LogP contribution in [0, 0.1) is 17.8 Å². The molecule has 1 fully saturated rings. The first kappa shape index (κ1) is 31.3. The Labute approximate surface area is 222 Å². The molecule has 0 aromatic rings. The van der Waals surface area contributed by atoms with E-state index in [2.05, 4.69) is 53.8 Å². The highest BCUT2D eigenvalue weighted by molar-refractivity contribution is 6.73. The standard InChI is InChI=1S/C30H54O5Si/c1-9-14-26-18-22(4)17-23(5)19-28(36(8,32-10-2)33-11-3)21-27-20-25(7)29(34-27)16-13-12-15-24(6)30(31)35-26/h19,23-27,29H,4,9-18,20-21H2,1-3,5-8H3/b28-19-/t23-,24+,25+,26-,27-,29+/m1/s1. The molecule has 2 aliphatic heterocycles. The number of carbonyl (C=O) groups is 1. The molecule has 2 aliphatic rings. The van der Waals surface area contributed by atoms with Gasteiger partial charge in [-0.15, -0.1) is 0 Å². The minimum atomic E-state index is -2.51. The van der Waals surface area contributed by atoms with E-state index in [1.54, 1.807) is 0 Å². The fourth-order valence-electron chi connectivity index (χ4n) is 5.90. The summed E-state index contributed by atoms with van der Waals surface area (Å²) >= 11 is 0. The van der Waals surface area contributed by atoms with Crippen molar-refractivity contribution < 1.29 is 23.1 Å². The summed E-state index contributed by atoms with van der Waals surface area (Å²) in [5.41, 5.74) is 1.14. The third kappa shape index (κ3) is 9.73. The first-order valence-corrected chi connectivity index (χ1v) is 16.9. The summed E-state index contributed by atoms with van der Waals surface area (Å²) in [6, 6.07) is 0. The topological polar surface area (TPSA) is 54.0 Å². The lowest BCUT2D eigenvalue weighted by Gasteiger charge is -2.31. The molecule has 0 saturated carbocycles. The highest BCUT2D eigenvalue weighted by atomic mass is 28.4. The zero-order valence-corrected chi connectivity index (χ0v) is 25.3. The number of hydrogen-bond donors (Lipinski definition) is 0. The Morgan fingerprint density at radius 3 is 2.33 bits per heavy atom. The Bertz CT molecular complexity index is 714. The molecular formula is C30H54O5Si. The van der Waals surface area contributed by atoms with Crippen LogP contribution in [-0.4, -0.2) is 46.1 Å². The van der Waals surface area contributed by atoms with Crippen LogP contribution in [-0.2, 0) is 23.1 Å². The van der Waals surface area contributed by atoms with Gasteiger partial charge in [0.05, 0.1) is 18.1 Å². The molecule has 6 atom stereocenters. The zero-order valence-electron chi connectivity index (χ0n) is 24.3. The van der Waals surface area contributed by atoms with Gasteiger partial charge in [0.1, 0.15) is 6.10 Å². The lowest BCUT2D eigenvalue weighted by atomic mass is 9.95. The monoisotopic (exact) mass is 522 g/mol. The molecule has 36 heavy (non-hydrogen) atoms. The van der Waals surface area contributed by atoms with Crippen molar-refractivity contribution in [2.24, 2.45) is 17.8 Å². The van der Waals surface area contributed by atoms with Crippen molar-refractivity contribution in [1.82, 2.24) is 0 Å². The quantitative estimate of drug-likeness (QED) is 0.195.